The van der Waals surface area contributed by atoms with Gasteiger partial charge in [-0.15, -0.1) is 12.4 Å². The maximum atomic E-state index is 12.0. The van der Waals surface area contributed by atoms with E-state index in [2.05, 4.69) is 17.6 Å². The van der Waals surface area contributed by atoms with Gasteiger partial charge in [0, 0.05) is 18.0 Å². The van der Waals surface area contributed by atoms with Crippen LogP contribution in [0, 0.1) is 11.8 Å². The van der Waals surface area contributed by atoms with Crippen molar-refractivity contribution in [3.63, 3.8) is 0 Å². The normalized spacial score (nSPS) is 16.9. The summed E-state index contributed by atoms with van der Waals surface area (Å²) in [7, 11) is 0. The zero-order valence-corrected chi connectivity index (χ0v) is 14.0. The molecule has 1 fully saturated rings. The van der Waals surface area contributed by atoms with Gasteiger partial charge in [-0.2, -0.15) is 0 Å². The van der Waals surface area contributed by atoms with E-state index in [-0.39, 0.29) is 18.3 Å². The SMILES string of the molecule is CC(CC(=O)NCc1cccc(Cl)c1)C1CCNCC1.Cl. The lowest BCUT2D eigenvalue weighted by Gasteiger charge is -2.27. The van der Waals surface area contributed by atoms with Gasteiger partial charge >= 0.3 is 0 Å². The maximum Gasteiger partial charge on any atom is 0.220 e. The molecule has 1 aliphatic rings. The lowest BCUT2D eigenvalue weighted by Crippen LogP contribution is -2.33. The van der Waals surface area contributed by atoms with Crippen molar-refractivity contribution in [2.24, 2.45) is 11.8 Å². The van der Waals surface area contributed by atoms with E-state index in [1.807, 2.05) is 24.3 Å². The first kappa shape index (κ1) is 18.3. The summed E-state index contributed by atoms with van der Waals surface area (Å²) < 4.78 is 0. The van der Waals surface area contributed by atoms with Gasteiger partial charge in [0.15, 0.2) is 0 Å². The standard InChI is InChI=1S/C16H23ClN2O.ClH/c1-12(14-5-7-18-8-6-14)9-16(20)19-11-13-3-2-4-15(17)10-13;/h2-4,10,12,14,18H,5-9,11H2,1H3,(H,19,20);1H. The highest BCUT2D eigenvalue weighted by Crippen LogP contribution is 2.24. The molecule has 2 rings (SSSR count). The Morgan fingerprint density at radius 3 is 2.81 bits per heavy atom. The summed E-state index contributed by atoms with van der Waals surface area (Å²) in [5, 5.41) is 7.05. The van der Waals surface area contributed by atoms with Crippen molar-refractivity contribution in [1.82, 2.24) is 10.6 Å². The molecule has 3 nitrogen and oxygen atoms in total. The first-order chi connectivity index (χ1) is 9.65. The second-order valence-electron chi connectivity index (χ2n) is 5.68. The fourth-order valence-electron chi connectivity index (χ4n) is 2.79. The molecule has 1 aromatic carbocycles. The van der Waals surface area contributed by atoms with E-state index in [1.54, 1.807) is 0 Å². The second kappa shape index (κ2) is 9.29. The number of amides is 1. The minimum Gasteiger partial charge on any atom is -0.352 e. The zero-order chi connectivity index (χ0) is 14.4. The molecule has 1 aromatic rings. The first-order valence-electron chi connectivity index (χ1n) is 7.37. The summed E-state index contributed by atoms with van der Waals surface area (Å²) in [5.41, 5.74) is 1.04. The molecule has 2 N–H and O–H groups in total. The van der Waals surface area contributed by atoms with Crippen molar-refractivity contribution < 1.29 is 4.79 Å². The van der Waals surface area contributed by atoms with Gasteiger partial charge < -0.3 is 10.6 Å². The van der Waals surface area contributed by atoms with Crippen LogP contribution in [0.3, 0.4) is 0 Å². The molecule has 1 heterocycles. The summed E-state index contributed by atoms with van der Waals surface area (Å²) in [6.45, 7) is 4.91. The molecule has 118 valence electrons. The number of benzene rings is 1. The summed E-state index contributed by atoms with van der Waals surface area (Å²) in [6, 6.07) is 7.61. The Balaban J connectivity index is 0.00000220. The minimum absolute atomic E-state index is 0. The number of hydrogen-bond donors (Lipinski definition) is 2. The molecule has 1 atom stereocenters. The first-order valence-corrected chi connectivity index (χ1v) is 7.75. The largest absolute Gasteiger partial charge is 0.352 e. The third-order valence-corrected chi connectivity index (χ3v) is 4.31. The van der Waals surface area contributed by atoms with Gasteiger partial charge in [-0.1, -0.05) is 30.7 Å². The van der Waals surface area contributed by atoms with Crippen LogP contribution in [0.15, 0.2) is 24.3 Å². The number of halogens is 2. The van der Waals surface area contributed by atoms with E-state index in [0.29, 0.717) is 29.8 Å². The van der Waals surface area contributed by atoms with Gasteiger partial charge in [0.25, 0.3) is 0 Å². The Morgan fingerprint density at radius 1 is 1.43 bits per heavy atom. The van der Waals surface area contributed by atoms with Crippen molar-refractivity contribution in [3.05, 3.63) is 34.9 Å². The van der Waals surface area contributed by atoms with Crippen LogP contribution < -0.4 is 10.6 Å². The molecule has 1 saturated heterocycles. The lowest BCUT2D eigenvalue weighted by molar-refractivity contribution is -0.122. The average molecular weight is 331 g/mol. The lowest BCUT2D eigenvalue weighted by atomic mass is 9.84. The molecule has 1 amide bonds. The Hall–Kier alpha value is -0.770. The van der Waals surface area contributed by atoms with E-state index in [1.165, 1.54) is 12.8 Å². The number of piperidine rings is 1. The van der Waals surface area contributed by atoms with Crippen LogP contribution in [0.2, 0.25) is 5.02 Å². The smallest absolute Gasteiger partial charge is 0.220 e. The molecule has 0 bridgehead atoms. The highest BCUT2D eigenvalue weighted by atomic mass is 35.5. The van der Waals surface area contributed by atoms with Crippen LogP contribution in [0.5, 0.6) is 0 Å². The number of nitrogens with one attached hydrogen (secondary N) is 2. The van der Waals surface area contributed by atoms with Gasteiger partial charge in [-0.25, -0.2) is 0 Å². The van der Waals surface area contributed by atoms with E-state index in [9.17, 15) is 4.79 Å². The Morgan fingerprint density at radius 2 is 2.14 bits per heavy atom. The number of carbonyl (C=O) groups is 1. The molecule has 0 aliphatic carbocycles. The molecule has 21 heavy (non-hydrogen) atoms. The van der Waals surface area contributed by atoms with Crippen LogP contribution in [0.25, 0.3) is 0 Å². The number of carbonyl (C=O) groups excluding carboxylic acids is 1. The highest BCUT2D eigenvalue weighted by molar-refractivity contribution is 6.30. The van der Waals surface area contributed by atoms with Crippen molar-refractivity contribution in [3.8, 4) is 0 Å². The Kier molecular flexibility index (Phi) is 8.09. The molecule has 0 saturated carbocycles. The van der Waals surface area contributed by atoms with Crippen LogP contribution in [0.1, 0.15) is 31.7 Å². The fraction of sp³-hybridized carbons (Fsp3) is 0.562. The third kappa shape index (κ3) is 6.25. The topological polar surface area (TPSA) is 41.1 Å². The second-order valence-corrected chi connectivity index (χ2v) is 6.11. The molecule has 0 spiro atoms. The summed E-state index contributed by atoms with van der Waals surface area (Å²) in [5.74, 6) is 1.26. The predicted octanol–water partition coefficient (Wildman–Crippen LogP) is 3.40. The van der Waals surface area contributed by atoms with Crippen molar-refractivity contribution in [2.75, 3.05) is 13.1 Å². The van der Waals surface area contributed by atoms with Gasteiger partial charge in [0.05, 0.1) is 0 Å². The highest BCUT2D eigenvalue weighted by Gasteiger charge is 2.21. The third-order valence-electron chi connectivity index (χ3n) is 4.07. The predicted molar refractivity (Wildman–Crippen MR) is 89.9 cm³/mol. The number of rotatable bonds is 5. The fourth-order valence-corrected chi connectivity index (χ4v) is 3.01. The average Bonchev–Trinajstić information content (AvgIpc) is 2.46. The Labute approximate surface area is 138 Å². The van der Waals surface area contributed by atoms with Crippen LogP contribution in [-0.2, 0) is 11.3 Å². The summed E-state index contributed by atoms with van der Waals surface area (Å²) >= 11 is 5.93. The van der Waals surface area contributed by atoms with E-state index >= 15 is 0 Å². The maximum absolute atomic E-state index is 12.0. The van der Waals surface area contributed by atoms with E-state index < -0.39 is 0 Å². The van der Waals surface area contributed by atoms with Crippen LogP contribution in [0.4, 0.5) is 0 Å². The molecule has 0 radical (unpaired) electrons. The molecule has 1 unspecified atom stereocenters. The van der Waals surface area contributed by atoms with Gasteiger partial charge in [-0.05, 0) is 55.5 Å². The zero-order valence-electron chi connectivity index (χ0n) is 12.4. The van der Waals surface area contributed by atoms with Gasteiger partial charge in [0.2, 0.25) is 5.91 Å². The van der Waals surface area contributed by atoms with Crippen LogP contribution in [-0.4, -0.2) is 19.0 Å². The van der Waals surface area contributed by atoms with Gasteiger partial charge in [-0.3, -0.25) is 4.79 Å². The molecule has 5 heteroatoms. The molecule has 1 aliphatic heterocycles. The number of hydrogen-bond acceptors (Lipinski definition) is 2. The van der Waals surface area contributed by atoms with Crippen LogP contribution >= 0.6 is 24.0 Å². The van der Waals surface area contributed by atoms with Crippen molar-refractivity contribution >= 4 is 29.9 Å². The molecular weight excluding hydrogens is 307 g/mol. The quantitative estimate of drug-likeness (QED) is 0.868. The van der Waals surface area contributed by atoms with Gasteiger partial charge in [0.1, 0.15) is 0 Å². The van der Waals surface area contributed by atoms with E-state index in [0.717, 1.165) is 18.7 Å². The molecular formula is C16H24Cl2N2O. The van der Waals surface area contributed by atoms with Crippen molar-refractivity contribution in [1.29, 1.82) is 0 Å². The monoisotopic (exact) mass is 330 g/mol. The summed E-state index contributed by atoms with van der Waals surface area (Å²) in [6.07, 6.45) is 2.98. The minimum atomic E-state index is 0. The van der Waals surface area contributed by atoms with E-state index in [4.69, 9.17) is 11.6 Å². The van der Waals surface area contributed by atoms with Crippen molar-refractivity contribution in [2.45, 2.75) is 32.7 Å². The molecule has 0 aromatic heterocycles. The summed E-state index contributed by atoms with van der Waals surface area (Å²) in [4.78, 5) is 12.0. The Bertz CT molecular complexity index is 448.